The molecule has 2 rings (SSSR count). The molecule has 0 saturated carbocycles. The molecular formula is C14H17BrN2O3. The largest absolute Gasteiger partial charge is 0.388 e. The second-order valence-corrected chi connectivity index (χ2v) is 6.08. The average molecular weight is 341 g/mol. The van der Waals surface area contributed by atoms with Crippen LogP contribution in [0.4, 0.5) is 0 Å². The first kappa shape index (κ1) is 15.0. The Bertz CT molecular complexity index is 531. The number of aliphatic hydroxyl groups is 1. The Morgan fingerprint density at radius 1 is 1.45 bits per heavy atom. The van der Waals surface area contributed by atoms with Crippen molar-refractivity contribution in [2.24, 2.45) is 0 Å². The third-order valence-corrected chi connectivity index (χ3v) is 4.01. The second kappa shape index (κ2) is 5.93. The molecule has 0 radical (unpaired) electrons. The van der Waals surface area contributed by atoms with Crippen molar-refractivity contribution in [1.29, 1.82) is 0 Å². The van der Waals surface area contributed by atoms with Gasteiger partial charge in [-0.2, -0.15) is 0 Å². The fraction of sp³-hybridized carbons (Fsp3) is 0.429. The van der Waals surface area contributed by atoms with Gasteiger partial charge in [0.2, 0.25) is 5.91 Å². The highest BCUT2D eigenvalue weighted by molar-refractivity contribution is 9.10. The van der Waals surface area contributed by atoms with Gasteiger partial charge in [0.05, 0.1) is 17.7 Å². The molecular weight excluding hydrogens is 324 g/mol. The van der Waals surface area contributed by atoms with E-state index in [2.05, 4.69) is 21.2 Å². The molecule has 1 fully saturated rings. The molecule has 1 aromatic rings. The molecule has 20 heavy (non-hydrogen) atoms. The molecule has 0 aromatic heterocycles. The second-order valence-electron chi connectivity index (χ2n) is 5.22. The van der Waals surface area contributed by atoms with Gasteiger partial charge in [0, 0.05) is 17.6 Å². The van der Waals surface area contributed by atoms with Crippen molar-refractivity contribution in [2.45, 2.75) is 18.9 Å². The summed E-state index contributed by atoms with van der Waals surface area (Å²) in [7, 11) is 0. The zero-order valence-electron chi connectivity index (χ0n) is 11.2. The van der Waals surface area contributed by atoms with E-state index in [1.165, 1.54) is 0 Å². The molecule has 5 nitrogen and oxygen atoms in total. The number of rotatable bonds is 3. The Hall–Kier alpha value is -1.40. The third-order valence-electron chi connectivity index (χ3n) is 3.32. The molecule has 1 atom stereocenters. The number of hydrogen-bond donors (Lipinski definition) is 2. The summed E-state index contributed by atoms with van der Waals surface area (Å²) in [5.74, 6) is -0.472. The normalized spacial score (nSPS) is 21.9. The number of halogens is 1. The van der Waals surface area contributed by atoms with E-state index in [0.29, 0.717) is 29.5 Å². The van der Waals surface area contributed by atoms with Crippen LogP contribution in [0.5, 0.6) is 0 Å². The molecule has 0 spiro atoms. The van der Waals surface area contributed by atoms with E-state index in [0.717, 1.165) is 0 Å². The minimum atomic E-state index is -0.817. The zero-order valence-corrected chi connectivity index (χ0v) is 12.8. The van der Waals surface area contributed by atoms with Gasteiger partial charge in [-0.15, -0.1) is 0 Å². The van der Waals surface area contributed by atoms with E-state index >= 15 is 0 Å². The van der Waals surface area contributed by atoms with Crippen molar-refractivity contribution < 1.29 is 14.7 Å². The van der Waals surface area contributed by atoms with Crippen molar-refractivity contribution >= 4 is 27.7 Å². The van der Waals surface area contributed by atoms with Gasteiger partial charge >= 0.3 is 0 Å². The van der Waals surface area contributed by atoms with Gasteiger partial charge in [0.15, 0.2) is 0 Å². The van der Waals surface area contributed by atoms with Crippen LogP contribution < -0.4 is 5.32 Å². The van der Waals surface area contributed by atoms with Crippen LogP contribution >= 0.6 is 15.9 Å². The van der Waals surface area contributed by atoms with Crippen molar-refractivity contribution in [3.63, 3.8) is 0 Å². The van der Waals surface area contributed by atoms with E-state index in [1.807, 2.05) is 6.07 Å². The van der Waals surface area contributed by atoms with E-state index in [9.17, 15) is 14.7 Å². The number of benzene rings is 1. The van der Waals surface area contributed by atoms with Gasteiger partial charge in [-0.05, 0) is 41.4 Å². The lowest BCUT2D eigenvalue weighted by molar-refractivity contribution is -0.129. The molecule has 1 aliphatic rings. The number of β-amino-alcohol motifs (C(OH)–C–C–N with tert-alkyl or cyclic N) is 1. The minimum absolute atomic E-state index is 0.0593. The lowest BCUT2D eigenvalue weighted by atomic mass is 10.1. The van der Waals surface area contributed by atoms with Crippen LogP contribution in [0.2, 0.25) is 0 Å². The fourth-order valence-electron chi connectivity index (χ4n) is 2.17. The number of hydrogen-bond acceptors (Lipinski definition) is 3. The summed E-state index contributed by atoms with van der Waals surface area (Å²) >= 11 is 3.30. The molecule has 1 aliphatic heterocycles. The van der Waals surface area contributed by atoms with Gasteiger partial charge in [0.1, 0.15) is 0 Å². The third kappa shape index (κ3) is 3.58. The highest BCUT2D eigenvalue weighted by atomic mass is 79.9. The number of carbonyl (C=O) groups excluding carboxylic acids is 2. The maximum Gasteiger partial charge on any atom is 0.252 e. The minimum Gasteiger partial charge on any atom is -0.388 e. The summed E-state index contributed by atoms with van der Waals surface area (Å²) in [6.45, 7) is 2.49. The smallest absolute Gasteiger partial charge is 0.252 e. The van der Waals surface area contributed by atoms with Crippen LogP contribution in [0, 0.1) is 0 Å². The molecule has 2 N–H and O–H groups in total. The topological polar surface area (TPSA) is 69.6 Å². The highest BCUT2D eigenvalue weighted by Gasteiger charge is 2.33. The average Bonchev–Trinajstić information content (AvgIpc) is 2.76. The number of carbonyl (C=O) groups is 2. The Labute approximate surface area is 126 Å². The monoisotopic (exact) mass is 340 g/mol. The summed E-state index contributed by atoms with van der Waals surface area (Å²) in [6, 6.07) is 7.04. The Morgan fingerprint density at radius 3 is 2.75 bits per heavy atom. The Kier molecular flexibility index (Phi) is 4.45. The van der Waals surface area contributed by atoms with Gasteiger partial charge in [-0.1, -0.05) is 12.1 Å². The maximum absolute atomic E-state index is 12.0. The molecule has 1 saturated heterocycles. The first-order valence-corrected chi connectivity index (χ1v) is 7.21. The van der Waals surface area contributed by atoms with Crippen LogP contribution in [0.25, 0.3) is 0 Å². The highest BCUT2D eigenvalue weighted by Crippen LogP contribution is 2.20. The Balaban J connectivity index is 1.88. The lowest BCUT2D eigenvalue weighted by Gasteiger charge is -2.19. The molecule has 0 bridgehead atoms. The van der Waals surface area contributed by atoms with Crippen LogP contribution in [0.15, 0.2) is 28.7 Å². The predicted molar refractivity (Wildman–Crippen MR) is 78.3 cm³/mol. The molecule has 2 amide bonds. The van der Waals surface area contributed by atoms with E-state index in [4.69, 9.17) is 0 Å². The fourth-order valence-corrected chi connectivity index (χ4v) is 2.63. The van der Waals surface area contributed by atoms with Crippen LogP contribution in [0.1, 0.15) is 23.7 Å². The summed E-state index contributed by atoms with van der Waals surface area (Å²) in [5.41, 5.74) is -0.323. The van der Waals surface area contributed by atoms with Crippen LogP contribution in [-0.2, 0) is 4.79 Å². The SMILES string of the molecule is CC1(O)CCN(C(=O)CNC(=O)c2ccccc2Br)C1. The quantitative estimate of drug-likeness (QED) is 0.867. The summed E-state index contributed by atoms with van der Waals surface area (Å²) in [4.78, 5) is 25.5. The maximum atomic E-state index is 12.0. The molecule has 1 heterocycles. The standard InChI is InChI=1S/C14H17BrN2O3/c1-14(20)6-7-17(9-14)12(18)8-16-13(19)10-4-2-3-5-11(10)15/h2-5,20H,6-9H2,1H3,(H,16,19). The van der Waals surface area contributed by atoms with Gasteiger partial charge in [-0.25, -0.2) is 0 Å². The van der Waals surface area contributed by atoms with Crippen LogP contribution in [0.3, 0.4) is 0 Å². The van der Waals surface area contributed by atoms with Crippen molar-refractivity contribution in [3.05, 3.63) is 34.3 Å². The molecule has 6 heteroatoms. The van der Waals surface area contributed by atoms with E-state index in [-0.39, 0.29) is 18.4 Å². The zero-order chi connectivity index (χ0) is 14.8. The molecule has 0 aliphatic carbocycles. The van der Waals surface area contributed by atoms with E-state index in [1.54, 1.807) is 30.0 Å². The molecule has 1 aromatic carbocycles. The number of nitrogens with zero attached hydrogens (tertiary/aromatic N) is 1. The van der Waals surface area contributed by atoms with Crippen molar-refractivity contribution in [3.8, 4) is 0 Å². The van der Waals surface area contributed by atoms with Crippen LogP contribution in [-0.4, -0.2) is 47.1 Å². The van der Waals surface area contributed by atoms with Crippen molar-refractivity contribution in [2.75, 3.05) is 19.6 Å². The summed E-state index contributed by atoms with van der Waals surface area (Å²) in [5, 5.41) is 12.4. The van der Waals surface area contributed by atoms with Crippen molar-refractivity contribution in [1.82, 2.24) is 10.2 Å². The molecule has 108 valence electrons. The number of amides is 2. The lowest BCUT2D eigenvalue weighted by Crippen LogP contribution is -2.40. The summed E-state index contributed by atoms with van der Waals surface area (Å²) < 4.78 is 0.689. The first-order valence-electron chi connectivity index (χ1n) is 6.42. The van der Waals surface area contributed by atoms with Gasteiger partial charge in [0.25, 0.3) is 5.91 Å². The van der Waals surface area contributed by atoms with Gasteiger partial charge in [-0.3, -0.25) is 9.59 Å². The predicted octanol–water partition coefficient (Wildman–Crippen LogP) is 1.16. The molecule has 1 unspecified atom stereocenters. The first-order chi connectivity index (χ1) is 9.39. The number of nitrogens with one attached hydrogen (secondary N) is 1. The van der Waals surface area contributed by atoms with E-state index < -0.39 is 5.60 Å². The number of likely N-dealkylation sites (tertiary alicyclic amines) is 1. The summed E-state index contributed by atoms with van der Waals surface area (Å²) in [6.07, 6.45) is 0.566. The van der Waals surface area contributed by atoms with Gasteiger partial charge < -0.3 is 15.3 Å². The Morgan fingerprint density at radius 2 is 2.15 bits per heavy atom.